The van der Waals surface area contributed by atoms with Crippen molar-refractivity contribution in [2.45, 2.75) is 13.5 Å². The van der Waals surface area contributed by atoms with E-state index in [4.69, 9.17) is 11.6 Å². The second-order valence-electron chi connectivity index (χ2n) is 5.57. The normalized spacial score (nSPS) is 10.3. The van der Waals surface area contributed by atoms with Gasteiger partial charge in [0.25, 0.3) is 5.91 Å². The summed E-state index contributed by atoms with van der Waals surface area (Å²) in [6.07, 6.45) is 0. The number of aryl methyl sites for hydroxylation is 1. The first-order chi connectivity index (χ1) is 12.1. The molecule has 0 radical (unpaired) electrons. The zero-order valence-corrected chi connectivity index (χ0v) is 14.4. The fraction of sp³-hybridized carbons (Fsp3) is 0.105. The first kappa shape index (κ1) is 16.9. The number of carbonyl (C=O) groups is 1. The Labute approximate surface area is 151 Å². The van der Waals surface area contributed by atoms with Gasteiger partial charge >= 0.3 is 0 Å². The quantitative estimate of drug-likeness (QED) is 0.718. The van der Waals surface area contributed by atoms with Crippen molar-refractivity contribution in [1.29, 1.82) is 0 Å². The highest BCUT2D eigenvalue weighted by Gasteiger charge is 2.09. The zero-order chi connectivity index (χ0) is 17.6. The summed E-state index contributed by atoms with van der Waals surface area (Å²) in [5, 5.41) is 14.6. The maximum Gasteiger partial charge on any atom is 0.276 e. The lowest BCUT2D eigenvalue weighted by molar-refractivity contribution is 0.102. The highest BCUT2D eigenvalue weighted by molar-refractivity contribution is 6.31. The van der Waals surface area contributed by atoms with Crippen LogP contribution in [0.5, 0.6) is 0 Å². The van der Waals surface area contributed by atoms with Crippen LogP contribution in [0.1, 0.15) is 21.6 Å². The molecule has 25 heavy (non-hydrogen) atoms. The Morgan fingerprint density at radius 3 is 2.44 bits per heavy atom. The van der Waals surface area contributed by atoms with Crippen molar-refractivity contribution in [2.75, 3.05) is 10.6 Å². The van der Waals surface area contributed by atoms with Crippen LogP contribution in [0.2, 0.25) is 5.02 Å². The zero-order valence-electron chi connectivity index (χ0n) is 13.7. The first-order valence-electron chi connectivity index (χ1n) is 7.81. The number of hydrogen-bond donors (Lipinski definition) is 2. The molecule has 0 unspecified atom stereocenters. The molecule has 0 spiro atoms. The van der Waals surface area contributed by atoms with E-state index in [2.05, 4.69) is 20.8 Å². The molecule has 0 aliphatic carbocycles. The number of hydrogen-bond acceptors (Lipinski definition) is 4. The van der Waals surface area contributed by atoms with Crippen LogP contribution in [0.3, 0.4) is 0 Å². The topological polar surface area (TPSA) is 66.9 Å². The maximum absolute atomic E-state index is 12.2. The number of anilines is 2. The molecule has 0 bridgehead atoms. The summed E-state index contributed by atoms with van der Waals surface area (Å²) in [7, 11) is 0. The summed E-state index contributed by atoms with van der Waals surface area (Å²) < 4.78 is 0. The van der Waals surface area contributed by atoms with E-state index >= 15 is 0 Å². The molecule has 3 rings (SSSR count). The number of amides is 1. The van der Waals surface area contributed by atoms with E-state index in [0.717, 1.165) is 16.8 Å². The summed E-state index contributed by atoms with van der Waals surface area (Å²) >= 11 is 6.12. The van der Waals surface area contributed by atoms with Crippen LogP contribution >= 0.6 is 11.6 Å². The van der Waals surface area contributed by atoms with Crippen molar-refractivity contribution >= 4 is 29.0 Å². The average Bonchev–Trinajstić information content (AvgIpc) is 2.63. The van der Waals surface area contributed by atoms with Gasteiger partial charge in [0.05, 0.1) is 0 Å². The Hall–Kier alpha value is -2.92. The van der Waals surface area contributed by atoms with Crippen LogP contribution in [-0.4, -0.2) is 16.1 Å². The Bertz CT molecular complexity index is 863. The van der Waals surface area contributed by atoms with Crippen molar-refractivity contribution in [1.82, 2.24) is 10.2 Å². The molecule has 1 heterocycles. The highest BCUT2D eigenvalue weighted by atomic mass is 35.5. The smallest absolute Gasteiger partial charge is 0.276 e. The van der Waals surface area contributed by atoms with E-state index in [-0.39, 0.29) is 11.6 Å². The molecule has 0 atom stereocenters. The molecule has 2 aromatic carbocycles. The minimum Gasteiger partial charge on any atom is -0.364 e. The molecule has 1 aromatic heterocycles. The monoisotopic (exact) mass is 352 g/mol. The predicted molar refractivity (Wildman–Crippen MR) is 99.9 cm³/mol. The third kappa shape index (κ3) is 4.55. The van der Waals surface area contributed by atoms with E-state index in [1.165, 1.54) is 0 Å². The molecule has 5 nitrogen and oxygen atoms in total. The predicted octanol–water partition coefficient (Wildman–Crippen LogP) is 4.30. The third-order valence-corrected chi connectivity index (χ3v) is 3.99. The van der Waals surface area contributed by atoms with Gasteiger partial charge < -0.3 is 10.6 Å². The molecule has 0 saturated carbocycles. The molecule has 0 aliphatic heterocycles. The van der Waals surface area contributed by atoms with Crippen LogP contribution in [0.4, 0.5) is 11.5 Å². The van der Waals surface area contributed by atoms with Crippen molar-refractivity contribution in [3.05, 3.63) is 82.5 Å². The minimum atomic E-state index is -0.297. The number of benzene rings is 2. The molecular formula is C19H17ClN4O. The van der Waals surface area contributed by atoms with Crippen molar-refractivity contribution in [3.63, 3.8) is 0 Å². The molecular weight excluding hydrogens is 336 g/mol. The average molecular weight is 353 g/mol. The number of rotatable bonds is 5. The Balaban J connectivity index is 1.60. The van der Waals surface area contributed by atoms with Gasteiger partial charge in [0.15, 0.2) is 5.69 Å². The summed E-state index contributed by atoms with van der Waals surface area (Å²) in [6.45, 7) is 2.52. The van der Waals surface area contributed by atoms with Gasteiger partial charge in [-0.3, -0.25) is 4.79 Å². The van der Waals surface area contributed by atoms with Crippen LogP contribution < -0.4 is 10.6 Å². The fourth-order valence-corrected chi connectivity index (χ4v) is 2.41. The van der Waals surface area contributed by atoms with Gasteiger partial charge in [-0.2, -0.15) is 0 Å². The van der Waals surface area contributed by atoms with E-state index < -0.39 is 0 Å². The number of carbonyl (C=O) groups excluding carboxylic acids is 1. The van der Waals surface area contributed by atoms with Crippen molar-refractivity contribution in [2.24, 2.45) is 0 Å². The van der Waals surface area contributed by atoms with Gasteiger partial charge in [-0.15, -0.1) is 10.2 Å². The lowest BCUT2D eigenvalue weighted by atomic mass is 10.2. The van der Waals surface area contributed by atoms with Gasteiger partial charge in [0.1, 0.15) is 5.82 Å². The lowest BCUT2D eigenvalue weighted by Gasteiger charge is -2.08. The molecule has 0 fully saturated rings. The standard InChI is InChI=1S/C19H17ClN4O/c1-13-6-8-15(9-7-13)22-19(25)17-10-11-18(24-23-17)21-12-14-4-2-3-5-16(14)20/h2-11H,12H2,1H3,(H,21,24)(H,22,25). The second kappa shape index (κ2) is 7.77. The molecule has 0 saturated heterocycles. The first-order valence-corrected chi connectivity index (χ1v) is 8.18. The molecule has 2 N–H and O–H groups in total. The summed E-state index contributed by atoms with van der Waals surface area (Å²) in [5.41, 5.74) is 3.07. The molecule has 1 amide bonds. The van der Waals surface area contributed by atoms with Gasteiger partial charge in [0.2, 0.25) is 0 Å². The molecule has 3 aromatic rings. The van der Waals surface area contributed by atoms with E-state index in [1.807, 2.05) is 55.5 Å². The summed E-state index contributed by atoms with van der Waals surface area (Å²) in [6, 6.07) is 18.5. The van der Waals surface area contributed by atoms with E-state index in [9.17, 15) is 4.79 Å². The van der Waals surface area contributed by atoms with Crippen LogP contribution in [0, 0.1) is 6.92 Å². The van der Waals surface area contributed by atoms with Crippen LogP contribution in [0.25, 0.3) is 0 Å². The van der Waals surface area contributed by atoms with Crippen LogP contribution in [-0.2, 0) is 6.54 Å². The maximum atomic E-state index is 12.2. The molecule has 6 heteroatoms. The van der Waals surface area contributed by atoms with E-state index in [0.29, 0.717) is 17.4 Å². The number of aromatic nitrogens is 2. The number of nitrogens with one attached hydrogen (secondary N) is 2. The number of nitrogens with zero attached hydrogens (tertiary/aromatic N) is 2. The Morgan fingerprint density at radius 2 is 1.76 bits per heavy atom. The summed E-state index contributed by atoms with van der Waals surface area (Å²) in [5.74, 6) is 0.279. The number of halogens is 1. The van der Waals surface area contributed by atoms with Gasteiger partial charge in [-0.25, -0.2) is 0 Å². The van der Waals surface area contributed by atoms with Crippen molar-refractivity contribution in [3.8, 4) is 0 Å². The fourth-order valence-electron chi connectivity index (χ4n) is 2.21. The highest BCUT2D eigenvalue weighted by Crippen LogP contribution is 2.16. The van der Waals surface area contributed by atoms with Gasteiger partial charge in [0, 0.05) is 17.3 Å². The minimum absolute atomic E-state index is 0.254. The Kier molecular flexibility index (Phi) is 5.26. The van der Waals surface area contributed by atoms with Gasteiger partial charge in [-0.05, 0) is 42.8 Å². The molecule has 0 aliphatic rings. The summed E-state index contributed by atoms with van der Waals surface area (Å²) in [4.78, 5) is 12.2. The second-order valence-corrected chi connectivity index (χ2v) is 5.98. The Morgan fingerprint density at radius 1 is 1.00 bits per heavy atom. The van der Waals surface area contributed by atoms with E-state index in [1.54, 1.807) is 12.1 Å². The largest absolute Gasteiger partial charge is 0.364 e. The lowest BCUT2D eigenvalue weighted by Crippen LogP contribution is -2.14. The van der Waals surface area contributed by atoms with Crippen LogP contribution in [0.15, 0.2) is 60.7 Å². The molecule has 126 valence electrons. The van der Waals surface area contributed by atoms with Gasteiger partial charge in [-0.1, -0.05) is 47.5 Å². The SMILES string of the molecule is Cc1ccc(NC(=O)c2ccc(NCc3ccccc3Cl)nn2)cc1. The van der Waals surface area contributed by atoms with Crippen molar-refractivity contribution < 1.29 is 4.79 Å². The third-order valence-electron chi connectivity index (χ3n) is 3.62.